The van der Waals surface area contributed by atoms with Crippen molar-refractivity contribution in [1.82, 2.24) is 50.6 Å². The van der Waals surface area contributed by atoms with Crippen molar-refractivity contribution in [2.45, 2.75) is 62.7 Å². The third-order valence-corrected chi connectivity index (χ3v) is 13.4. The Morgan fingerprint density at radius 3 is 2.51 bits per heavy atom. The number of ether oxygens (including phenoxy) is 2. The van der Waals surface area contributed by atoms with Crippen LogP contribution in [0.2, 0.25) is 0 Å². The molecule has 0 saturated carbocycles. The number of thiazole rings is 1. The zero-order valence-corrected chi connectivity index (χ0v) is 37.8. The third kappa shape index (κ3) is 10.5. The van der Waals surface area contributed by atoms with Crippen molar-refractivity contribution in [3.63, 3.8) is 0 Å². The Morgan fingerprint density at radius 1 is 0.928 bits per heavy atom. The maximum absolute atomic E-state index is 13.6. The first-order valence-electron chi connectivity index (χ1n) is 22.3. The number of hydrogen-bond donors (Lipinski definition) is 2. The zero-order chi connectivity index (χ0) is 48.1. The van der Waals surface area contributed by atoms with Gasteiger partial charge in [-0.15, -0.1) is 16.4 Å². The molecule has 6 aromatic rings. The lowest BCUT2D eigenvalue weighted by Crippen LogP contribution is -2.54. The topological polar surface area (TPSA) is 217 Å². The van der Waals surface area contributed by atoms with Gasteiger partial charge in [-0.25, -0.2) is 4.98 Å². The summed E-state index contributed by atoms with van der Waals surface area (Å²) in [6.07, 6.45) is -0.0291. The fourth-order valence-corrected chi connectivity index (χ4v) is 9.71. The smallest absolute Gasteiger partial charge is 0.471 e. The summed E-state index contributed by atoms with van der Waals surface area (Å²) in [7, 11) is 0. The standard InChI is InChI=1S/C47H45F3N10O8S/c48-47(49,50)44-54-39(56-68-44)30-9-4-10-31(25-30)40(62)51-28-46(45-52-34(27-69-45)29-7-2-1-3-8-29)16-20-58(21-17-46)19-15-32-26-59(57-55-32)18-6-22-66-23-24-67-36-12-5-11-33-38(36)43(65)60(42(33)64)35-13-14-37(61)53-41(35)63/h1-5,7-12,25-27,35H,6,13-24,28H2,(H,51,62)(H,53,61,63). The molecule has 358 valence electrons. The summed E-state index contributed by atoms with van der Waals surface area (Å²) in [5, 5.41) is 20.4. The first kappa shape index (κ1) is 46.9. The Morgan fingerprint density at radius 2 is 1.72 bits per heavy atom. The number of piperidine rings is 2. The summed E-state index contributed by atoms with van der Waals surface area (Å²) in [5.74, 6) is -4.29. The van der Waals surface area contributed by atoms with Crippen LogP contribution in [0.15, 0.2) is 88.9 Å². The van der Waals surface area contributed by atoms with Crippen molar-refractivity contribution < 1.29 is 51.1 Å². The van der Waals surface area contributed by atoms with Crippen LogP contribution in [-0.2, 0) is 38.9 Å². The van der Waals surface area contributed by atoms with Crippen LogP contribution in [0, 0.1) is 0 Å². The van der Waals surface area contributed by atoms with Gasteiger partial charge in [0.2, 0.25) is 17.6 Å². The summed E-state index contributed by atoms with van der Waals surface area (Å²) in [6, 6.07) is 19.6. The van der Waals surface area contributed by atoms with E-state index in [9.17, 15) is 37.1 Å². The van der Waals surface area contributed by atoms with Gasteiger partial charge in [0.15, 0.2) is 0 Å². The third-order valence-electron chi connectivity index (χ3n) is 12.3. The number of halogens is 3. The number of nitrogens with zero attached hydrogens (tertiary/aromatic N) is 8. The molecule has 1 unspecified atom stereocenters. The van der Waals surface area contributed by atoms with E-state index in [0.717, 1.165) is 46.5 Å². The van der Waals surface area contributed by atoms with Gasteiger partial charge in [-0.2, -0.15) is 18.2 Å². The van der Waals surface area contributed by atoms with Crippen LogP contribution >= 0.6 is 11.3 Å². The van der Waals surface area contributed by atoms with Gasteiger partial charge in [-0.3, -0.25) is 38.9 Å². The highest BCUT2D eigenvalue weighted by Crippen LogP contribution is 2.39. The second-order valence-corrected chi connectivity index (χ2v) is 17.7. The first-order chi connectivity index (χ1) is 33.3. The molecule has 69 heavy (non-hydrogen) atoms. The van der Waals surface area contributed by atoms with Crippen LogP contribution in [-0.4, -0.2) is 121 Å². The molecule has 2 N–H and O–H groups in total. The number of rotatable bonds is 18. The van der Waals surface area contributed by atoms with Crippen molar-refractivity contribution in [3.05, 3.63) is 118 Å². The molecule has 2 saturated heterocycles. The average Bonchev–Trinajstić information content (AvgIpc) is 4.19. The van der Waals surface area contributed by atoms with Crippen molar-refractivity contribution in [2.24, 2.45) is 0 Å². The first-order valence-corrected chi connectivity index (χ1v) is 23.2. The van der Waals surface area contributed by atoms with Crippen molar-refractivity contribution in [1.29, 1.82) is 0 Å². The van der Waals surface area contributed by atoms with E-state index in [-0.39, 0.29) is 59.9 Å². The lowest BCUT2D eigenvalue weighted by Gasteiger charge is -2.40. The molecule has 3 aromatic heterocycles. The van der Waals surface area contributed by atoms with Crippen LogP contribution in [0.5, 0.6) is 5.75 Å². The lowest BCUT2D eigenvalue weighted by atomic mass is 9.78. The number of likely N-dealkylation sites (tertiary alicyclic amines) is 1. The van der Waals surface area contributed by atoms with Gasteiger partial charge in [0, 0.05) is 72.8 Å². The van der Waals surface area contributed by atoms with E-state index >= 15 is 0 Å². The molecule has 18 nitrogen and oxygen atoms in total. The number of fused-ring (bicyclic) bond motifs is 1. The Kier molecular flexibility index (Phi) is 13.7. The minimum Gasteiger partial charge on any atom is -0.490 e. The SMILES string of the molecule is O=C1CCC(N2C(=O)c3cccc(OCCOCCCn4cc(CCN5CCC(CNC(=O)c6cccc(-c7noc(C(F)(F)F)n7)c6)(c6nc(-c7ccccc7)cs6)CC5)nn4)c3C2=O)C(=O)N1. The normalized spacial score (nSPS) is 17.3. The molecule has 3 aliphatic heterocycles. The molecular formula is C47H45F3N10O8S. The van der Waals surface area contributed by atoms with Crippen molar-refractivity contribution in [3.8, 4) is 28.4 Å². The van der Waals surface area contributed by atoms with Gasteiger partial charge in [0.1, 0.15) is 23.4 Å². The predicted octanol–water partition coefficient (Wildman–Crippen LogP) is 5.36. The monoisotopic (exact) mass is 966 g/mol. The van der Waals surface area contributed by atoms with Gasteiger partial charge in [-0.05, 0) is 63.0 Å². The van der Waals surface area contributed by atoms with E-state index < -0.39 is 53.1 Å². The van der Waals surface area contributed by atoms with E-state index in [0.29, 0.717) is 45.4 Å². The predicted molar refractivity (Wildman–Crippen MR) is 240 cm³/mol. The fraction of sp³-hybridized carbons (Fsp3) is 0.362. The largest absolute Gasteiger partial charge is 0.490 e. The van der Waals surface area contributed by atoms with Crippen molar-refractivity contribution >= 4 is 40.9 Å². The number of alkyl halides is 3. The van der Waals surface area contributed by atoms with Crippen LogP contribution in [0.25, 0.3) is 22.6 Å². The van der Waals surface area contributed by atoms with E-state index in [2.05, 4.69) is 40.5 Å². The second-order valence-electron chi connectivity index (χ2n) is 16.9. The minimum atomic E-state index is -4.79. The molecular weight excluding hydrogens is 922 g/mol. The molecule has 9 rings (SSSR count). The molecule has 2 fully saturated rings. The lowest BCUT2D eigenvalue weighted by molar-refractivity contribution is -0.159. The molecule has 0 radical (unpaired) electrons. The van der Waals surface area contributed by atoms with Crippen LogP contribution in [0.3, 0.4) is 0 Å². The highest BCUT2D eigenvalue weighted by atomic mass is 32.1. The molecule has 0 bridgehead atoms. The van der Waals surface area contributed by atoms with Crippen molar-refractivity contribution in [2.75, 3.05) is 46.0 Å². The molecule has 3 aliphatic rings. The van der Waals surface area contributed by atoms with Crippen LogP contribution in [0.4, 0.5) is 13.2 Å². The van der Waals surface area contributed by atoms with Gasteiger partial charge >= 0.3 is 12.1 Å². The van der Waals surface area contributed by atoms with E-state index in [1.165, 1.54) is 18.2 Å². The van der Waals surface area contributed by atoms with Crippen LogP contribution < -0.4 is 15.4 Å². The second kappa shape index (κ2) is 20.2. The van der Waals surface area contributed by atoms with E-state index in [1.807, 2.05) is 41.9 Å². The quantitative estimate of drug-likeness (QED) is 0.0819. The highest BCUT2D eigenvalue weighted by molar-refractivity contribution is 7.10. The molecule has 0 spiro atoms. The van der Waals surface area contributed by atoms with Gasteiger partial charge in [-0.1, -0.05) is 58.9 Å². The summed E-state index contributed by atoms with van der Waals surface area (Å²) >= 11 is 1.56. The number of hydrogen-bond acceptors (Lipinski definition) is 15. The molecule has 0 aliphatic carbocycles. The molecule has 1 atom stereocenters. The number of imide groups is 2. The van der Waals surface area contributed by atoms with Gasteiger partial charge in [0.25, 0.3) is 17.7 Å². The maximum atomic E-state index is 13.6. The maximum Gasteiger partial charge on any atom is 0.471 e. The number of nitrogens with one attached hydrogen (secondary N) is 2. The number of benzene rings is 3. The number of carbonyl (C=O) groups excluding carboxylic acids is 5. The molecule has 3 aromatic carbocycles. The number of aryl methyl sites for hydroxylation is 1. The zero-order valence-electron chi connectivity index (χ0n) is 36.9. The highest BCUT2D eigenvalue weighted by Gasteiger charge is 2.46. The van der Waals surface area contributed by atoms with Gasteiger partial charge < -0.3 is 24.2 Å². The fourth-order valence-electron chi connectivity index (χ4n) is 8.62. The molecule has 5 amide bonds. The Labute approximate surface area is 396 Å². The summed E-state index contributed by atoms with van der Waals surface area (Å²) in [5.41, 5.74) is 2.89. The average molecular weight is 967 g/mol. The summed E-state index contributed by atoms with van der Waals surface area (Å²) < 4.78 is 57.1. The Balaban J connectivity index is 0.737. The van der Waals surface area contributed by atoms with E-state index in [1.54, 1.807) is 40.3 Å². The minimum absolute atomic E-state index is 0.0295. The number of carbonyl (C=O) groups is 5. The number of aromatic nitrogens is 6. The number of amides is 5. The van der Waals surface area contributed by atoms with Gasteiger partial charge in [0.05, 0.1) is 29.1 Å². The summed E-state index contributed by atoms with van der Waals surface area (Å²) in [6.45, 7) is 3.84. The molecule has 22 heteroatoms. The molecule has 6 heterocycles. The Bertz CT molecular complexity index is 2860. The van der Waals surface area contributed by atoms with E-state index in [4.69, 9.17) is 14.5 Å². The summed E-state index contributed by atoms with van der Waals surface area (Å²) in [4.78, 5) is 75.8. The Hall–Kier alpha value is -7.17. The van der Waals surface area contributed by atoms with Crippen LogP contribution in [0.1, 0.15) is 79.8 Å².